The van der Waals surface area contributed by atoms with Crippen molar-refractivity contribution in [3.63, 3.8) is 0 Å². The predicted molar refractivity (Wildman–Crippen MR) is 39.5 cm³/mol. The molecule has 0 aliphatic carbocycles. The van der Waals surface area contributed by atoms with Gasteiger partial charge in [0.05, 0.1) is 0 Å². The molecule has 0 fully saturated rings. The van der Waals surface area contributed by atoms with Crippen LogP contribution in [0, 0.1) is 6.92 Å². The Hall–Kier alpha value is -0.720. The number of hydrogen-bond donors (Lipinski definition) is 0. The van der Waals surface area contributed by atoms with Gasteiger partial charge in [-0.1, -0.05) is 6.92 Å². The highest BCUT2D eigenvalue weighted by Gasteiger charge is 1.96. The molecule has 50 valence electrons. The molecular formula is C8H13N. The minimum atomic E-state index is 1.15. The molecule has 1 rings (SSSR count). The summed E-state index contributed by atoms with van der Waals surface area (Å²) in [5, 5.41) is 0. The lowest BCUT2D eigenvalue weighted by molar-refractivity contribution is 0.870. The molecule has 0 amide bonds. The molecule has 0 radical (unpaired) electrons. The maximum atomic E-state index is 2.18. The van der Waals surface area contributed by atoms with Gasteiger partial charge in [0.2, 0.25) is 0 Å². The second-order valence-corrected chi connectivity index (χ2v) is 2.39. The number of aromatic nitrogens is 1. The molecule has 1 aromatic rings. The maximum Gasteiger partial charge on any atom is 0.0172 e. The molecule has 0 N–H and O–H groups in total. The van der Waals surface area contributed by atoms with Gasteiger partial charge in [0.25, 0.3) is 0 Å². The Labute approximate surface area is 56.3 Å². The van der Waals surface area contributed by atoms with Crippen molar-refractivity contribution in [3.8, 4) is 0 Å². The fraction of sp³-hybridized carbons (Fsp3) is 0.500. The van der Waals surface area contributed by atoms with Gasteiger partial charge in [-0.05, 0) is 25.0 Å². The van der Waals surface area contributed by atoms with Crippen molar-refractivity contribution in [1.82, 2.24) is 4.57 Å². The van der Waals surface area contributed by atoms with E-state index in [0.717, 1.165) is 6.42 Å². The van der Waals surface area contributed by atoms with Crippen LogP contribution in [0.4, 0.5) is 0 Å². The molecular weight excluding hydrogens is 110 g/mol. The Bertz CT molecular complexity index is 198. The molecule has 0 spiro atoms. The van der Waals surface area contributed by atoms with Crippen LogP contribution < -0.4 is 0 Å². The van der Waals surface area contributed by atoms with Crippen molar-refractivity contribution in [1.29, 1.82) is 0 Å². The van der Waals surface area contributed by atoms with Gasteiger partial charge >= 0.3 is 0 Å². The van der Waals surface area contributed by atoms with E-state index in [2.05, 4.69) is 37.7 Å². The number of rotatable bonds is 1. The van der Waals surface area contributed by atoms with E-state index in [-0.39, 0.29) is 0 Å². The van der Waals surface area contributed by atoms with Crippen molar-refractivity contribution in [2.45, 2.75) is 20.3 Å². The quantitative estimate of drug-likeness (QED) is 0.537. The SMILES string of the molecule is CCc1ccn(C)c1C. The lowest BCUT2D eigenvalue weighted by Crippen LogP contribution is -1.89. The Morgan fingerprint density at radius 1 is 1.56 bits per heavy atom. The summed E-state index contributed by atoms with van der Waals surface area (Å²) < 4.78 is 2.15. The van der Waals surface area contributed by atoms with E-state index in [4.69, 9.17) is 0 Å². The third kappa shape index (κ3) is 0.995. The van der Waals surface area contributed by atoms with Gasteiger partial charge in [-0.15, -0.1) is 0 Å². The highest BCUT2D eigenvalue weighted by atomic mass is 14.9. The van der Waals surface area contributed by atoms with E-state index in [1.165, 1.54) is 11.3 Å². The summed E-state index contributed by atoms with van der Waals surface area (Å²) >= 11 is 0. The van der Waals surface area contributed by atoms with Crippen LogP contribution in [0.1, 0.15) is 18.2 Å². The minimum Gasteiger partial charge on any atom is -0.354 e. The van der Waals surface area contributed by atoms with Gasteiger partial charge in [0, 0.05) is 18.9 Å². The van der Waals surface area contributed by atoms with Gasteiger partial charge < -0.3 is 4.57 Å². The Morgan fingerprint density at radius 3 is 2.44 bits per heavy atom. The minimum absolute atomic E-state index is 1.15. The fourth-order valence-corrected chi connectivity index (χ4v) is 1.03. The lowest BCUT2D eigenvalue weighted by Gasteiger charge is -1.96. The molecule has 1 heterocycles. The number of nitrogens with zero attached hydrogens (tertiary/aromatic N) is 1. The molecule has 0 aromatic carbocycles. The van der Waals surface area contributed by atoms with Crippen LogP contribution in [0.25, 0.3) is 0 Å². The molecule has 1 nitrogen and oxygen atoms in total. The van der Waals surface area contributed by atoms with Crippen LogP contribution in [0.2, 0.25) is 0 Å². The van der Waals surface area contributed by atoms with Crippen molar-refractivity contribution in [2.24, 2.45) is 7.05 Å². The van der Waals surface area contributed by atoms with Gasteiger partial charge in [0.1, 0.15) is 0 Å². The second-order valence-electron chi connectivity index (χ2n) is 2.39. The monoisotopic (exact) mass is 123 g/mol. The van der Waals surface area contributed by atoms with Crippen LogP contribution in [0.3, 0.4) is 0 Å². The molecule has 9 heavy (non-hydrogen) atoms. The first kappa shape index (κ1) is 6.40. The Morgan fingerprint density at radius 2 is 2.22 bits per heavy atom. The van der Waals surface area contributed by atoms with Gasteiger partial charge in [-0.2, -0.15) is 0 Å². The summed E-state index contributed by atoms with van der Waals surface area (Å²) in [7, 11) is 2.08. The summed E-state index contributed by atoms with van der Waals surface area (Å²) in [4.78, 5) is 0. The van der Waals surface area contributed by atoms with Crippen molar-refractivity contribution < 1.29 is 0 Å². The zero-order valence-corrected chi connectivity index (χ0v) is 6.31. The van der Waals surface area contributed by atoms with Crippen LogP contribution in [-0.4, -0.2) is 4.57 Å². The summed E-state index contributed by atoms with van der Waals surface area (Å²) in [6.07, 6.45) is 3.25. The predicted octanol–water partition coefficient (Wildman–Crippen LogP) is 1.90. The van der Waals surface area contributed by atoms with E-state index in [9.17, 15) is 0 Å². The molecule has 1 heteroatoms. The van der Waals surface area contributed by atoms with E-state index in [0.29, 0.717) is 0 Å². The highest BCUT2D eigenvalue weighted by molar-refractivity contribution is 5.20. The topological polar surface area (TPSA) is 4.93 Å². The van der Waals surface area contributed by atoms with Crippen LogP contribution in [-0.2, 0) is 13.5 Å². The molecule has 0 bridgehead atoms. The Kier molecular flexibility index (Phi) is 1.60. The smallest absolute Gasteiger partial charge is 0.0172 e. The molecule has 0 saturated carbocycles. The fourth-order valence-electron chi connectivity index (χ4n) is 1.03. The van der Waals surface area contributed by atoms with Gasteiger partial charge in [0.15, 0.2) is 0 Å². The molecule has 0 unspecified atom stereocenters. The summed E-state index contributed by atoms with van der Waals surface area (Å²) in [6.45, 7) is 4.33. The normalized spacial score (nSPS) is 10.1. The standard InChI is InChI=1S/C8H13N/c1-4-8-5-6-9(3)7(8)2/h5-6H,4H2,1-3H3. The van der Waals surface area contributed by atoms with Crippen LogP contribution in [0.15, 0.2) is 12.3 Å². The summed E-state index contributed by atoms with van der Waals surface area (Å²) in [5.41, 5.74) is 2.84. The van der Waals surface area contributed by atoms with Crippen molar-refractivity contribution in [2.75, 3.05) is 0 Å². The van der Waals surface area contributed by atoms with Crippen LogP contribution in [0.5, 0.6) is 0 Å². The Balaban J connectivity index is 3.04. The number of hydrogen-bond acceptors (Lipinski definition) is 0. The summed E-state index contributed by atoms with van der Waals surface area (Å²) in [5.74, 6) is 0. The largest absolute Gasteiger partial charge is 0.354 e. The first-order valence-electron chi connectivity index (χ1n) is 3.36. The zero-order chi connectivity index (χ0) is 6.85. The average Bonchev–Trinajstić information content (AvgIpc) is 2.15. The third-order valence-electron chi connectivity index (χ3n) is 1.87. The van der Waals surface area contributed by atoms with Crippen LogP contribution >= 0.6 is 0 Å². The molecule has 0 saturated heterocycles. The van der Waals surface area contributed by atoms with Gasteiger partial charge in [-0.25, -0.2) is 0 Å². The first-order valence-corrected chi connectivity index (χ1v) is 3.36. The average molecular weight is 123 g/mol. The zero-order valence-electron chi connectivity index (χ0n) is 6.31. The van der Waals surface area contributed by atoms with E-state index < -0.39 is 0 Å². The third-order valence-corrected chi connectivity index (χ3v) is 1.87. The van der Waals surface area contributed by atoms with Gasteiger partial charge in [-0.3, -0.25) is 0 Å². The van der Waals surface area contributed by atoms with Crippen molar-refractivity contribution >= 4 is 0 Å². The second kappa shape index (κ2) is 2.26. The maximum absolute atomic E-state index is 2.18. The first-order chi connectivity index (χ1) is 4.25. The van der Waals surface area contributed by atoms with E-state index >= 15 is 0 Å². The van der Waals surface area contributed by atoms with E-state index in [1.807, 2.05) is 0 Å². The highest BCUT2D eigenvalue weighted by Crippen LogP contribution is 2.07. The van der Waals surface area contributed by atoms with Crippen molar-refractivity contribution in [3.05, 3.63) is 23.5 Å². The molecule has 0 atom stereocenters. The number of aryl methyl sites for hydroxylation is 2. The molecule has 0 aliphatic rings. The molecule has 1 aromatic heterocycles. The van der Waals surface area contributed by atoms with E-state index in [1.54, 1.807) is 0 Å². The summed E-state index contributed by atoms with van der Waals surface area (Å²) in [6, 6.07) is 2.18. The lowest BCUT2D eigenvalue weighted by atomic mass is 10.2. The molecule has 0 aliphatic heterocycles.